The molecule has 1 N–H and O–H groups in total. The molecule has 4 aromatic rings. The van der Waals surface area contributed by atoms with E-state index in [2.05, 4.69) is 15.2 Å². The maximum absolute atomic E-state index is 14.7. The number of benzene rings is 2. The van der Waals surface area contributed by atoms with Crippen LogP contribution >= 0.6 is 0 Å². The third-order valence-electron chi connectivity index (χ3n) is 5.69. The standard InChI is InChI=1S/C23H18FN5O4/c24-17-7-6-15(21-27-26-13-33-21)19-18(17)16(12-25-19)20(30)23(32)29-10-8-28(9-11-29)22(31)14-4-2-1-3-5-14/h1-7,12-13,25H,8-11H2. The number of aromatic nitrogens is 3. The van der Waals surface area contributed by atoms with Crippen LogP contribution in [0.5, 0.6) is 0 Å². The number of fused-ring (bicyclic) bond motifs is 1. The van der Waals surface area contributed by atoms with Crippen molar-refractivity contribution in [1.82, 2.24) is 25.0 Å². The number of Topliss-reactive ketones (excluding diaryl/α,β-unsaturated/α-hetero) is 1. The minimum atomic E-state index is -0.828. The summed E-state index contributed by atoms with van der Waals surface area (Å²) in [4.78, 5) is 44.4. The quantitative estimate of drug-likeness (QED) is 0.380. The van der Waals surface area contributed by atoms with Gasteiger partial charge in [0.05, 0.1) is 16.6 Å². The molecular weight excluding hydrogens is 429 g/mol. The van der Waals surface area contributed by atoms with Gasteiger partial charge in [0.1, 0.15) is 5.82 Å². The second-order valence-electron chi connectivity index (χ2n) is 7.57. The van der Waals surface area contributed by atoms with Crippen LogP contribution < -0.4 is 0 Å². The van der Waals surface area contributed by atoms with Crippen molar-refractivity contribution < 1.29 is 23.2 Å². The Morgan fingerprint density at radius 3 is 2.39 bits per heavy atom. The SMILES string of the molecule is O=C(C(=O)N1CCN(C(=O)c2ccccc2)CC1)c1c[nH]c2c(-c3nnco3)ccc(F)c12. The molecule has 0 bridgehead atoms. The molecule has 0 spiro atoms. The van der Waals surface area contributed by atoms with Crippen LogP contribution in [0.15, 0.2) is 59.5 Å². The molecule has 1 saturated heterocycles. The third-order valence-corrected chi connectivity index (χ3v) is 5.69. The van der Waals surface area contributed by atoms with E-state index >= 15 is 0 Å². The zero-order chi connectivity index (χ0) is 22.9. The minimum absolute atomic E-state index is 0.0121. The molecule has 2 amide bonds. The highest BCUT2D eigenvalue weighted by Crippen LogP contribution is 2.31. The van der Waals surface area contributed by atoms with Crippen LogP contribution in [0.1, 0.15) is 20.7 Å². The predicted molar refractivity (Wildman–Crippen MR) is 115 cm³/mol. The summed E-state index contributed by atoms with van der Waals surface area (Å²) in [5, 5.41) is 7.43. The van der Waals surface area contributed by atoms with Crippen LogP contribution in [0.3, 0.4) is 0 Å². The van der Waals surface area contributed by atoms with Gasteiger partial charge in [-0.1, -0.05) is 18.2 Å². The summed E-state index contributed by atoms with van der Waals surface area (Å²) in [6, 6.07) is 11.5. The number of piperazine rings is 1. The molecule has 0 saturated carbocycles. The lowest BCUT2D eigenvalue weighted by atomic mass is 10.0. The Bertz CT molecular complexity index is 1340. The molecule has 0 atom stereocenters. The van der Waals surface area contributed by atoms with Gasteiger partial charge < -0.3 is 19.2 Å². The van der Waals surface area contributed by atoms with E-state index in [0.717, 1.165) is 6.39 Å². The Labute approximate surface area is 186 Å². The van der Waals surface area contributed by atoms with E-state index in [4.69, 9.17) is 4.42 Å². The van der Waals surface area contributed by atoms with Crippen molar-refractivity contribution in [2.45, 2.75) is 0 Å². The van der Waals surface area contributed by atoms with E-state index in [0.29, 0.717) is 24.2 Å². The normalized spacial score (nSPS) is 14.0. The molecule has 2 aromatic heterocycles. The van der Waals surface area contributed by atoms with E-state index < -0.39 is 17.5 Å². The summed E-state index contributed by atoms with van der Waals surface area (Å²) < 4.78 is 19.8. The fraction of sp³-hybridized carbons (Fsp3) is 0.174. The molecular formula is C23H18FN5O4. The summed E-state index contributed by atoms with van der Waals surface area (Å²) >= 11 is 0. The molecule has 0 aliphatic carbocycles. The average Bonchev–Trinajstić information content (AvgIpc) is 3.55. The van der Waals surface area contributed by atoms with Crippen molar-refractivity contribution in [2.24, 2.45) is 0 Å². The molecule has 10 heteroatoms. The summed E-state index contributed by atoms with van der Waals surface area (Å²) in [6.45, 7) is 1.02. The van der Waals surface area contributed by atoms with Crippen molar-refractivity contribution in [2.75, 3.05) is 26.2 Å². The fourth-order valence-corrected chi connectivity index (χ4v) is 3.99. The Kier molecular flexibility index (Phi) is 5.17. The number of hydrogen-bond acceptors (Lipinski definition) is 6. The second-order valence-corrected chi connectivity index (χ2v) is 7.57. The molecule has 9 nitrogen and oxygen atoms in total. The number of hydrogen-bond donors (Lipinski definition) is 1. The first-order chi connectivity index (χ1) is 16.0. The maximum Gasteiger partial charge on any atom is 0.295 e. The Morgan fingerprint density at radius 1 is 0.970 bits per heavy atom. The third kappa shape index (κ3) is 3.65. The number of ketones is 1. The number of aromatic amines is 1. The Balaban J connectivity index is 1.34. The molecule has 5 rings (SSSR count). The Morgan fingerprint density at radius 2 is 1.70 bits per heavy atom. The van der Waals surface area contributed by atoms with Gasteiger partial charge >= 0.3 is 0 Å². The molecule has 1 aliphatic rings. The van der Waals surface area contributed by atoms with Crippen molar-refractivity contribution in [3.8, 4) is 11.5 Å². The van der Waals surface area contributed by atoms with Crippen LogP contribution in [0.2, 0.25) is 0 Å². The summed E-state index contributed by atoms with van der Waals surface area (Å²) in [5.74, 6) is -2.19. The lowest BCUT2D eigenvalue weighted by Crippen LogP contribution is -2.52. The van der Waals surface area contributed by atoms with E-state index in [-0.39, 0.29) is 41.4 Å². The number of carbonyl (C=O) groups is 3. The zero-order valence-corrected chi connectivity index (χ0v) is 17.3. The molecule has 3 heterocycles. The van der Waals surface area contributed by atoms with Gasteiger partial charge in [-0.05, 0) is 24.3 Å². The van der Waals surface area contributed by atoms with Gasteiger partial charge in [0.15, 0.2) is 0 Å². The smallest absolute Gasteiger partial charge is 0.295 e. The van der Waals surface area contributed by atoms with Gasteiger partial charge in [0.25, 0.3) is 17.6 Å². The van der Waals surface area contributed by atoms with Crippen LogP contribution in [0, 0.1) is 5.82 Å². The van der Waals surface area contributed by atoms with Gasteiger partial charge in [0.2, 0.25) is 12.3 Å². The van der Waals surface area contributed by atoms with Gasteiger partial charge in [-0.15, -0.1) is 10.2 Å². The first-order valence-corrected chi connectivity index (χ1v) is 10.3. The first-order valence-electron chi connectivity index (χ1n) is 10.3. The lowest BCUT2D eigenvalue weighted by Gasteiger charge is -2.34. The highest BCUT2D eigenvalue weighted by molar-refractivity contribution is 6.45. The number of nitrogens with zero attached hydrogens (tertiary/aromatic N) is 4. The van der Waals surface area contributed by atoms with Crippen LogP contribution in [0.25, 0.3) is 22.4 Å². The molecule has 1 aliphatic heterocycles. The average molecular weight is 447 g/mol. The topological polar surface area (TPSA) is 112 Å². The number of rotatable bonds is 4. The number of H-pyrrole nitrogens is 1. The van der Waals surface area contributed by atoms with Crippen molar-refractivity contribution >= 4 is 28.5 Å². The van der Waals surface area contributed by atoms with E-state index in [1.165, 1.54) is 23.2 Å². The second kappa shape index (κ2) is 8.30. The zero-order valence-electron chi connectivity index (χ0n) is 17.3. The monoisotopic (exact) mass is 447 g/mol. The van der Waals surface area contributed by atoms with Crippen LogP contribution in [0.4, 0.5) is 4.39 Å². The van der Waals surface area contributed by atoms with Crippen LogP contribution in [-0.2, 0) is 4.79 Å². The molecule has 33 heavy (non-hydrogen) atoms. The van der Waals surface area contributed by atoms with Crippen molar-refractivity contribution in [3.05, 3.63) is 72.0 Å². The number of nitrogens with one attached hydrogen (secondary N) is 1. The van der Waals surface area contributed by atoms with Gasteiger partial charge in [-0.3, -0.25) is 14.4 Å². The summed E-state index contributed by atoms with van der Waals surface area (Å²) in [7, 11) is 0. The van der Waals surface area contributed by atoms with Gasteiger partial charge in [0, 0.05) is 43.3 Å². The van der Waals surface area contributed by atoms with E-state index in [9.17, 15) is 18.8 Å². The van der Waals surface area contributed by atoms with Gasteiger partial charge in [-0.2, -0.15) is 0 Å². The highest BCUT2D eigenvalue weighted by Gasteiger charge is 2.31. The van der Waals surface area contributed by atoms with Gasteiger partial charge in [-0.25, -0.2) is 4.39 Å². The van der Waals surface area contributed by atoms with Crippen LogP contribution in [-0.4, -0.2) is 68.8 Å². The summed E-state index contributed by atoms with van der Waals surface area (Å²) in [6.07, 6.45) is 2.45. The number of carbonyl (C=O) groups excluding carboxylic acids is 3. The van der Waals surface area contributed by atoms with E-state index in [1.807, 2.05) is 6.07 Å². The molecule has 0 unspecified atom stereocenters. The minimum Gasteiger partial charge on any atom is -0.423 e. The number of halogens is 1. The van der Waals surface area contributed by atoms with Crippen molar-refractivity contribution in [3.63, 3.8) is 0 Å². The Hall–Kier alpha value is -4.34. The number of amides is 2. The first kappa shape index (κ1) is 20.6. The highest BCUT2D eigenvalue weighted by atomic mass is 19.1. The largest absolute Gasteiger partial charge is 0.423 e. The van der Waals surface area contributed by atoms with E-state index in [1.54, 1.807) is 29.2 Å². The molecule has 166 valence electrons. The summed E-state index contributed by atoms with van der Waals surface area (Å²) in [5.41, 5.74) is 1.20. The maximum atomic E-state index is 14.7. The molecule has 1 fully saturated rings. The van der Waals surface area contributed by atoms with Crippen molar-refractivity contribution in [1.29, 1.82) is 0 Å². The predicted octanol–water partition coefficient (Wildman–Crippen LogP) is 2.52. The molecule has 2 aromatic carbocycles. The molecule has 0 radical (unpaired) electrons. The lowest BCUT2D eigenvalue weighted by molar-refractivity contribution is -0.127. The fourth-order valence-electron chi connectivity index (χ4n) is 3.99.